The first kappa shape index (κ1) is 43.1. The molecular formula is C48H50ClN5O7. The van der Waals surface area contributed by atoms with Crippen LogP contribution in [0.15, 0.2) is 91.3 Å². The van der Waals surface area contributed by atoms with Crippen LogP contribution in [-0.2, 0) is 29.3 Å². The second-order valence-corrected chi connectivity index (χ2v) is 16.3. The van der Waals surface area contributed by atoms with Gasteiger partial charge in [-0.05, 0) is 108 Å². The summed E-state index contributed by atoms with van der Waals surface area (Å²) in [6, 6.07) is 26.7. The first-order chi connectivity index (χ1) is 29.5. The van der Waals surface area contributed by atoms with Crippen LogP contribution < -0.4 is 24.8 Å². The fraction of sp³-hybridized carbons (Fsp3) is 0.333. The second kappa shape index (κ2) is 19.6. The van der Waals surface area contributed by atoms with Crippen molar-refractivity contribution in [2.24, 2.45) is 5.41 Å². The number of carboxylic acid groups (broad SMARTS) is 1. The van der Waals surface area contributed by atoms with E-state index >= 15 is 0 Å². The predicted octanol–water partition coefficient (Wildman–Crippen LogP) is 7.23. The molecule has 1 atom stereocenters. The topological polar surface area (TPSA) is 166 Å². The monoisotopic (exact) mass is 843 g/mol. The van der Waals surface area contributed by atoms with E-state index in [0.717, 1.165) is 83.7 Å². The fourth-order valence-electron chi connectivity index (χ4n) is 8.12. The second-order valence-electron chi connectivity index (χ2n) is 15.9. The summed E-state index contributed by atoms with van der Waals surface area (Å²) in [5, 5.41) is 34.4. The highest BCUT2D eigenvalue weighted by atomic mass is 35.5. The van der Waals surface area contributed by atoms with Crippen molar-refractivity contribution in [2.75, 3.05) is 39.4 Å². The molecule has 5 aromatic rings. The van der Waals surface area contributed by atoms with Crippen molar-refractivity contribution in [3.63, 3.8) is 0 Å². The Hall–Kier alpha value is -5.97. The molecule has 61 heavy (non-hydrogen) atoms. The van der Waals surface area contributed by atoms with Gasteiger partial charge in [-0.1, -0.05) is 60.1 Å². The van der Waals surface area contributed by atoms with E-state index in [1.165, 1.54) is 6.20 Å². The molecule has 13 heteroatoms. The van der Waals surface area contributed by atoms with Crippen LogP contribution in [0, 0.1) is 30.6 Å². The number of carbonyl (C=O) groups excluding carboxylic acids is 1. The number of ether oxygens (including phenoxy) is 3. The molecule has 1 amide bonds. The van der Waals surface area contributed by atoms with Crippen molar-refractivity contribution in [3.8, 4) is 45.6 Å². The molecule has 12 nitrogen and oxygen atoms in total. The maximum atomic E-state index is 11.8. The summed E-state index contributed by atoms with van der Waals surface area (Å²) in [6.07, 6.45) is 5.82. The van der Waals surface area contributed by atoms with Crippen LogP contribution in [-0.4, -0.2) is 77.4 Å². The Morgan fingerprint density at radius 3 is 2.36 bits per heavy atom. The Balaban J connectivity index is 1.01. The lowest BCUT2D eigenvalue weighted by molar-refractivity contribution is -0.140. The number of hydrogen-bond acceptors (Lipinski definition) is 10. The van der Waals surface area contributed by atoms with Gasteiger partial charge < -0.3 is 29.7 Å². The van der Waals surface area contributed by atoms with E-state index in [4.69, 9.17) is 25.8 Å². The number of benzene rings is 4. The van der Waals surface area contributed by atoms with Crippen LogP contribution in [0.1, 0.15) is 52.6 Å². The summed E-state index contributed by atoms with van der Waals surface area (Å²) in [4.78, 5) is 29.9. The van der Waals surface area contributed by atoms with Crippen LogP contribution in [0.3, 0.4) is 0 Å². The quantitative estimate of drug-likeness (QED) is 0.0746. The zero-order valence-corrected chi connectivity index (χ0v) is 35.1. The van der Waals surface area contributed by atoms with Crippen molar-refractivity contribution >= 4 is 23.5 Å². The summed E-state index contributed by atoms with van der Waals surface area (Å²) >= 11 is 6.75. The largest absolute Gasteiger partial charge is 0.492 e. The lowest BCUT2D eigenvalue weighted by Crippen LogP contribution is -2.42. The van der Waals surface area contributed by atoms with Crippen molar-refractivity contribution in [1.82, 2.24) is 20.5 Å². The van der Waals surface area contributed by atoms with E-state index in [-0.39, 0.29) is 31.1 Å². The summed E-state index contributed by atoms with van der Waals surface area (Å²) in [5.41, 5.74) is 9.37. The van der Waals surface area contributed by atoms with Crippen LogP contribution in [0.25, 0.3) is 22.3 Å². The molecule has 3 heterocycles. The SMILES string of the molecule is Cc1c(COc2cc(OCc3cncc(C#N)c3)c(CNC(CO)C(=O)O)cc2Cl)cccc1-c1cccc(-c2ccc(OCCN3CCC4(CC3)CNC(=O)C4)cc2)c1C. The van der Waals surface area contributed by atoms with Crippen LogP contribution in [0.5, 0.6) is 17.2 Å². The summed E-state index contributed by atoms with van der Waals surface area (Å²) in [6.45, 7) is 8.24. The van der Waals surface area contributed by atoms with E-state index < -0.39 is 18.6 Å². The van der Waals surface area contributed by atoms with Crippen LogP contribution >= 0.6 is 11.6 Å². The Bertz CT molecular complexity index is 2410. The lowest BCUT2D eigenvalue weighted by atomic mass is 9.78. The van der Waals surface area contributed by atoms with Gasteiger partial charge in [-0.3, -0.25) is 24.8 Å². The number of aliphatic hydroxyl groups is 1. The maximum Gasteiger partial charge on any atom is 0.323 e. The van der Waals surface area contributed by atoms with Gasteiger partial charge in [0.15, 0.2) is 0 Å². The number of nitriles is 1. The number of carboxylic acids is 1. The molecule has 7 rings (SSSR count). The minimum atomic E-state index is -1.19. The summed E-state index contributed by atoms with van der Waals surface area (Å²) in [5.74, 6) is 0.593. The number of likely N-dealkylation sites (tertiary alicyclic amines) is 1. The number of rotatable bonds is 17. The number of carbonyl (C=O) groups is 2. The van der Waals surface area contributed by atoms with E-state index in [9.17, 15) is 25.1 Å². The minimum Gasteiger partial charge on any atom is -0.492 e. The summed E-state index contributed by atoms with van der Waals surface area (Å²) < 4.78 is 18.7. The molecule has 2 saturated heterocycles. The molecule has 1 spiro atoms. The van der Waals surface area contributed by atoms with Crippen LogP contribution in [0.4, 0.5) is 0 Å². The number of nitrogens with zero attached hydrogens (tertiary/aromatic N) is 3. The van der Waals surface area contributed by atoms with E-state index in [2.05, 4.69) is 76.8 Å². The Morgan fingerprint density at radius 2 is 1.66 bits per heavy atom. The molecule has 0 aliphatic carbocycles. The molecule has 4 N–H and O–H groups in total. The molecule has 2 aliphatic heterocycles. The number of amides is 1. The Labute approximate surface area is 361 Å². The number of pyridine rings is 1. The van der Waals surface area contributed by atoms with Gasteiger partial charge in [0.1, 0.15) is 49.2 Å². The molecule has 2 fully saturated rings. The molecule has 0 radical (unpaired) electrons. The standard InChI is InChI=1S/C48H50ClN5O7/c1-31-36(29-61-45-21-44(60-28-34-19-33(23-50)24-51-25-34)37(20-42(45)49)26-52-43(27-55)47(57)58)5-3-7-40(31)41-8-4-6-39(32(41)2)35-9-11-38(12-10-35)59-18-17-54-15-13-48(14-16-54)22-46(56)53-30-48/h3-12,19-21,24-25,43,52,55H,13-18,22,26-30H2,1-2H3,(H,53,56)(H,57,58). The third kappa shape index (κ3) is 10.5. The highest BCUT2D eigenvalue weighted by Crippen LogP contribution is 2.39. The van der Waals surface area contributed by atoms with E-state index in [1.807, 2.05) is 24.3 Å². The van der Waals surface area contributed by atoms with Gasteiger partial charge in [0.05, 0.1) is 17.2 Å². The predicted molar refractivity (Wildman–Crippen MR) is 232 cm³/mol. The number of aromatic nitrogens is 1. The lowest BCUT2D eigenvalue weighted by Gasteiger charge is -2.38. The van der Waals surface area contributed by atoms with Crippen molar-refractivity contribution in [1.29, 1.82) is 5.26 Å². The van der Waals surface area contributed by atoms with E-state index in [0.29, 0.717) is 46.2 Å². The third-order valence-electron chi connectivity index (χ3n) is 11.9. The number of halogens is 1. The highest BCUT2D eigenvalue weighted by molar-refractivity contribution is 6.32. The molecule has 316 valence electrons. The minimum absolute atomic E-state index is 0.0464. The molecule has 4 aromatic carbocycles. The Morgan fingerprint density at radius 1 is 0.934 bits per heavy atom. The zero-order chi connectivity index (χ0) is 42.9. The third-order valence-corrected chi connectivity index (χ3v) is 12.2. The van der Waals surface area contributed by atoms with Gasteiger partial charge in [0.2, 0.25) is 5.91 Å². The highest BCUT2D eigenvalue weighted by Gasteiger charge is 2.40. The number of aliphatic hydroxyl groups excluding tert-OH is 1. The number of hydrogen-bond donors (Lipinski definition) is 4. The molecule has 1 unspecified atom stereocenters. The van der Waals surface area contributed by atoms with Crippen molar-refractivity contribution in [2.45, 2.75) is 58.9 Å². The Kier molecular flexibility index (Phi) is 13.9. The fourth-order valence-corrected chi connectivity index (χ4v) is 8.36. The van der Waals surface area contributed by atoms with Crippen molar-refractivity contribution in [3.05, 3.63) is 130 Å². The molecule has 1 aromatic heterocycles. The summed E-state index contributed by atoms with van der Waals surface area (Å²) in [7, 11) is 0. The van der Waals surface area contributed by atoms with Gasteiger partial charge in [-0.2, -0.15) is 5.26 Å². The van der Waals surface area contributed by atoms with Crippen LogP contribution in [0.2, 0.25) is 5.02 Å². The molecule has 2 aliphatic rings. The van der Waals surface area contributed by atoms with Gasteiger partial charge in [-0.15, -0.1) is 0 Å². The number of nitrogens with one attached hydrogen (secondary N) is 2. The van der Waals surface area contributed by atoms with Gasteiger partial charge in [0.25, 0.3) is 0 Å². The molecule has 0 saturated carbocycles. The van der Waals surface area contributed by atoms with Gasteiger partial charge >= 0.3 is 5.97 Å². The zero-order valence-electron chi connectivity index (χ0n) is 34.4. The first-order valence-electron chi connectivity index (χ1n) is 20.4. The maximum absolute atomic E-state index is 11.8. The normalized spacial score (nSPS) is 15.2. The first-order valence-corrected chi connectivity index (χ1v) is 20.8. The van der Waals surface area contributed by atoms with Gasteiger partial charge in [0, 0.05) is 55.6 Å². The smallest absolute Gasteiger partial charge is 0.323 e. The average Bonchev–Trinajstić information content (AvgIpc) is 3.63. The number of aliphatic carboxylic acids is 1. The van der Waals surface area contributed by atoms with Crippen molar-refractivity contribution < 1.29 is 34.0 Å². The van der Waals surface area contributed by atoms with E-state index in [1.54, 1.807) is 24.4 Å². The molecular weight excluding hydrogens is 794 g/mol. The van der Waals surface area contributed by atoms with Gasteiger partial charge in [-0.25, -0.2) is 0 Å². The number of piperidine rings is 1. The average molecular weight is 844 g/mol. The molecule has 0 bridgehead atoms.